The molecular weight excluding hydrogens is 446 g/mol. The van der Waals surface area contributed by atoms with Crippen molar-refractivity contribution in [3.63, 3.8) is 0 Å². The van der Waals surface area contributed by atoms with Gasteiger partial charge in [-0.25, -0.2) is 0 Å². The number of hydrogen-bond acceptors (Lipinski definition) is 1. The van der Waals surface area contributed by atoms with Gasteiger partial charge in [-0.05, 0) is 68.4 Å². The standard InChI is InChI=1S/C36H25N/c1-2-10-26(11-3-1)28-18-21-31(22-19-28)37(32-23-20-27-12-4-5-13-29(27)24-32)36-25-30-14-6-7-15-33(30)34-16-8-9-17-35(34)36/h1-25H. The monoisotopic (exact) mass is 471 g/mol. The molecule has 0 fully saturated rings. The molecule has 174 valence electrons. The summed E-state index contributed by atoms with van der Waals surface area (Å²) in [6.07, 6.45) is 0. The number of nitrogens with zero attached hydrogens (tertiary/aromatic N) is 1. The summed E-state index contributed by atoms with van der Waals surface area (Å²) in [5, 5.41) is 7.50. The van der Waals surface area contributed by atoms with Crippen LogP contribution in [-0.2, 0) is 0 Å². The van der Waals surface area contributed by atoms with Crippen molar-refractivity contribution in [1.29, 1.82) is 0 Å². The van der Waals surface area contributed by atoms with Gasteiger partial charge in [0.15, 0.2) is 0 Å². The quantitative estimate of drug-likeness (QED) is 0.231. The van der Waals surface area contributed by atoms with Gasteiger partial charge in [0.05, 0.1) is 5.69 Å². The first kappa shape index (κ1) is 21.4. The van der Waals surface area contributed by atoms with Crippen LogP contribution >= 0.6 is 0 Å². The predicted molar refractivity (Wildman–Crippen MR) is 159 cm³/mol. The van der Waals surface area contributed by atoms with Crippen LogP contribution < -0.4 is 4.90 Å². The van der Waals surface area contributed by atoms with Crippen molar-refractivity contribution in [3.8, 4) is 11.1 Å². The van der Waals surface area contributed by atoms with E-state index in [1.807, 2.05) is 0 Å². The van der Waals surface area contributed by atoms with E-state index in [4.69, 9.17) is 0 Å². The van der Waals surface area contributed by atoms with Gasteiger partial charge in [0.1, 0.15) is 0 Å². The summed E-state index contributed by atoms with van der Waals surface area (Å²) >= 11 is 0. The molecular formula is C36H25N. The molecule has 0 saturated heterocycles. The first-order valence-corrected chi connectivity index (χ1v) is 12.7. The molecule has 0 spiro atoms. The van der Waals surface area contributed by atoms with Crippen LogP contribution in [-0.4, -0.2) is 0 Å². The second-order valence-electron chi connectivity index (χ2n) is 9.44. The zero-order valence-corrected chi connectivity index (χ0v) is 20.4. The first-order valence-electron chi connectivity index (χ1n) is 12.7. The number of hydrogen-bond donors (Lipinski definition) is 0. The Morgan fingerprint density at radius 2 is 0.892 bits per heavy atom. The van der Waals surface area contributed by atoms with Gasteiger partial charge in [0.2, 0.25) is 0 Å². The lowest BCUT2D eigenvalue weighted by molar-refractivity contribution is 1.31. The topological polar surface area (TPSA) is 3.24 Å². The molecule has 0 atom stereocenters. The fraction of sp³-hybridized carbons (Fsp3) is 0. The molecule has 37 heavy (non-hydrogen) atoms. The van der Waals surface area contributed by atoms with Crippen molar-refractivity contribution in [2.45, 2.75) is 0 Å². The van der Waals surface area contributed by atoms with E-state index < -0.39 is 0 Å². The largest absolute Gasteiger partial charge is 0.310 e. The SMILES string of the molecule is c1ccc(-c2ccc(N(c3ccc4ccccc4c3)c3cc4ccccc4c4ccccc34)cc2)cc1. The lowest BCUT2D eigenvalue weighted by Gasteiger charge is -2.28. The maximum atomic E-state index is 2.40. The van der Waals surface area contributed by atoms with E-state index in [0.717, 1.165) is 11.4 Å². The third-order valence-corrected chi connectivity index (χ3v) is 7.21. The third kappa shape index (κ3) is 3.82. The van der Waals surface area contributed by atoms with Gasteiger partial charge in [-0.15, -0.1) is 0 Å². The number of fused-ring (bicyclic) bond motifs is 4. The van der Waals surface area contributed by atoms with E-state index in [9.17, 15) is 0 Å². The summed E-state index contributed by atoms with van der Waals surface area (Å²) < 4.78 is 0. The van der Waals surface area contributed by atoms with Crippen LogP contribution in [0.2, 0.25) is 0 Å². The minimum Gasteiger partial charge on any atom is -0.310 e. The number of rotatable bonds is 4. The molecule has 0 amide bonds. The van der Waals surface area contributed by atoms with E-state index in [1.54, 1.807) is 0 Å². The minimum atomic E-state index is 1.13. The molecule has 7 aromatic carbocycles. The van der Waals surface area contributed by atoms with Crippen molar-refractivity contribution in [2.75, 3.05) is 4.90 Å². The Morgan fingerprint density at radius 1 is 0.324 bits per heavy atom. The van der Waals surface area contributed by atoms with Gasteiger partial charge in [-0.2, -0.15) is 0 Å². The summed E-state index contributed by atoms with van der Waals surface area (Å²) in [7, 11) is 0. The molecule has 7 aromatic rings. The van der Waals surface area contributed by atoms with Gasteiger partial charge in [-0.1, -0.05) is 121 Å². The molecule has 0 unspecified atom stereocenters. The van der Waals surface area contributed by atoms with Gasteiger partial charge in [-0.3, -0.25) is 0 Å². The van der Waals surface area contributed by atoms with Crippen LogP contribution in [0.1, 0.15) is 0 Å². The average molecular weight is 472 g/mol. The maximum Gasteiger partial charge on any atom is 0.0546 e. The second kappa shape index (κ2) is 8.96. The van der Waals surface area contributed by atoms with Crippen molar-refractivity contribution in [1.82, 2.24) is 0 Å². The van der Waals surface area contributed by atoms with Gasteiger partial charge >= 0.3 is 0 Å². The van der Waals surface area contributed by atoms with Crippen LogP contribution in [0, 0.1) is 0 Å². The smallest absolute Gasteiger partial charge is 0.0546 e. The lowest BCUT2D eigenvalue weighted by atomic mass is 9.98. The molecule has 0 N–H and O–H groups in total. The Kier molecular flexibility index (Phi) is 5.19. The highest BCUT2D eigenvalue weighted by atomic mass is 15.1. The Labute approximate surface area is 216 Å². The Balaban J connectivity index is 1.48. The van der Waals surface area contributed by atoms with E-state index in [1.165, 1.54) is 49.1 Å². The Hall–Kier alpha value is -4.88. The van der Waals surface area contributed by atoms with Crippen molar-refractivity contribution < 1.29 is 0 Å². The van der Waals surface area contributed by atoms with Crippen LogP contribution in [0.25, 0.3) is 43.4 Å². The molecule has 0 bridgehead atoms. The van der Waals surface area contributed by atoms with Crippen molar-refractivity contribution in [2.24, 2.45) is 0 Å². The lowest BCUT2D eigenvalue weighted by Crippen LogP contribution is -2.10. The molecule has 0 aliphatic rings. The summed E-state index contributed by atoms with van der Waals surface area (Å²) in [6.45, 7) is 0. The molecule has 0 aliphatic heterocycles. The predicted octanol–water partition coefficient (Wildman–Crippen LogP) is 10.3. The molecule has 0 aromatic heterocycles. The second-order valence-corrected chi connectivity index (χ2v) is 9.44. The Morgan fingerprint density at radius 3 is 1.68 bits per heavy atom. The van der Waals surface area contributed by atoms with Crippen LogP contribution in [0.3, 0.4) is 0 Å². The molecule has 7 rings (SSSR count). The highest BCUT2D eigenvalue weighted by Crippen LogP contribution is 2.42. The molecule has 0 radical (unpaired) electrons. The van der Waals surface area contributed by atoms with E-state index in [2.05, 4.69) is 157 Å². The van der Waals surface area contributed by atoms with E-state index in [0.29, 0.717) is 0 Å². The summed E-state index contributed by atoms with van der Waals surface area (Å²) in [5.41, 5.74) is 5.90. The first-order chi connectivity index (χ1) is 18.3. The van der Waals surface area contributed by atoms with Gasteiger partial charge in [0, 0.05) is 16.8 Å². The molecule has 1 nitrogen and oxygen atoms in total. The summed E-state index contributed by atoms with van der Waals surface area (Å²) in [4.78, 5) is 2.40. The molecule has 1 heteroatoms. The van der Waals surface area contributed by atoms with Crippen molar-refractivity contribution >= 4 is 49.4 Å². The maximum absolute atomic E-state index is 2.40. The van der Waals surface area contributed by atoms with Crippen molar-refractivity contribution in [3.05, 3.63) is 152 Å². The molecule has 0 aliphatic carbocycles. The van der Waals surface area contributed by atoms with Crippen LogP contribution in [0.15, 0.2) is 152 Å². The Bertz CT molecular complexity index is 1870. The minimum absolute atomic E-state index is 1.13. The molecule has 0 heterocycles. The fourth-order valence-corrected chi connectivity index (χ4v) is 5.40. The third-order valence-electron chi connectivity index (χ3n) is 7.21. The van der Waals surface area contributed by atoms with Crippen LogP contribution in [0.5, 0.6) is 0 Å². The molecule has 0 saturated carbocycles. The number of benzene rings is 7. The van der Waals surface area contributed by atoms with Gasteiger partial charge in [0.25, 0.3) is 0 Å². The highest BCUT2D eigenvalue weighted by molar-refractivity contribution is 6.14. The van der Waals surface area contributed by atoms with Crippen LogP contribution in [0.4, 0.5) is 17.1 Å². The van der Waals surface area contributed by atoms with Gasteiger partial charge < -0.3 is 4.90 Å². The summed E-state index contributed by atoms with van der Waals surface area (Å²) in [6, 6.07) is 54.5. The summed E-state index contributed by atoms with van der Waals surface area (Å²) in [5.74, 6) is 0. The number of anilines is 3. The van der Waals surface area contributed by atoms with E-state index >= 15 is 0 Å². The normalized spacial score (nSPS) is 11.2. The zero-order chi connectivity index (χ0) is 24.6. The van der Waals surface area contributed by atoms with E-state index in [-0.39, 0.29) is 0 Å². The fourth-order valence-electron chi connectivity index (χ4n) is 5.40. The zero-order valence-electron chi connectivity index (χ0n) is 20.4. The highest BCUT2D eigenvalue weighted by Gasteiger charge is 2.17. The average Bonchev–Trinajstić information content (AvgIpc) is 2.98.